The molecule has 1 N–H and O–H groups in total. The first-order valence-corrected chi connectivity index (χ1v) is 4.35. The lowest BCUT2D eigenvalue weighted by atomic mass is 9.95. The van der Waals surface area contributed by atoms with Gasteiger partial charge in [-0.2, -0.15) is 13.2 Å². The average Bonchev–Trinajstić information content (AvgIpc) is 2.02. The van der Waals surface area contributed by atoms with Crippen LogP contribution in [0, 0.1) is 5.92 Å². The van der Waals surface area contributed by atoms with Crippen LogP contribution < -0.4 is 5.32 Å². The predicted octanol–water partition coefficient (Wildman–Crippen LogP) is 2.33. The second-order valence-electron chi connectivity index (χ2n) is 3.37. The van der Waals surface area contributed by atoms with Crippen molar-refractivity contribution in [3.63, 3.8) is 0 Å². The first-order valence-electron chi connectivity index (χ1n) is 4.35. The summed E-state index contributed by atoms with van der Waals surface area (Å²) in [6, 6.07) is 0. The third-order valence-electron chi connectivity index (χ3n) is 2.23. The average molecular weight is 181 g/mol. The van der Waals surface area contributed by atoms with Crippen molar-refractivity contribution in [2.24, 2.45) is 5.92 Å². The predicted molar refractivity (Wildman–Crippen MR) is 40.9 cm³/mol. The lowest BCUT2D eigenvalue weighted by Crippen LogP contribution is -2.30. The van der Waals surface area contributed by atoms with E-state index in [-0.39, 0.29) is 12.3 Å². The van der Waals surface area contributed by atoms with Gasteiger partial charge in [-0.1, -0.05) is 0 Å². The van der Waals surface area contributed by atoms with Gasteiger partial charge in [0.05, 0.1) is 0 Å². The van der Waals surface area contributed by atoms with Gasteiger partial charge >= 0.3 is 6.18 Å². The van der Waals surface area contributed by atoms with Crippen LogP contribution in [0.15, 0.2) is 0 Å². The Morgan fingerprint density at radius 1 is 1.33 bits per heavy atom. The SMILES string of the molecule is FC(F)(F)CCC1CCCNC1. The highest BCUT2D eigenvalue weighted by Gasteiger charge is 2.28. The zero-order valence-electron chi connectivity index (χ0n) is 6.95. The van der Waals surface area contributed by atoms with Gasteiger partial charge in [-0.25, -0.2) is 0 Å². The second-order valence-corrected chi connectivity index (χ2v) is 3.37. The third-order valence-corrected chi connectivity index (χ3v) is 2.23. The molecule has 0 aliphatic carbocycles. The highest BCUT2D eigenvalue weighted by atomic mass is 19.4. The van der Waals surface area contributed by atoms with E-state index in [1.54, 1.807) is 0 Å². The van der Waals surface area contributed by atoms with Crippen LogP contribution in [0.1, 0.15) is 25.7 Å². The van der Waals surface area contributed by atoms with Crippen LogP contribution >= 0.6 is 0 Å². The smallest absolute Gasteiger partial charge is 0.316 e. The molecule has 0 amide bonds. The van der Waals surface area contributed by atoms with Crippen LogP contribution in [0.25, 0.3) is 0 Å². The molecule has 1 heterocycles. The normalized spacial score (nSPS) is 25.8. The van der Waals surface area contributed by atoms with Crippen molar-refractivity contribution in [2.45, 2.75) is 31.9 Å². The van der Waals surface area contributed by atoms with E-state index in [4.69, 9.17) is 0 Å². The van der Waals surface area contributed by atoms with E-state index in [1.807, 2.05) is 0 Å². The number of piperidine rings is 1. The standard InChI is InChI=1S/C8H14F3N/c9-8(10,11)4-3-7-2-1-5-12-6-7/h7,12H,1-6H2. The molecule has 72 valence electrons. The van der Waals surface area contributed by atoms with Gasteiger partial charge in [-0.05, 0) is 38.3 Å². The molecule has 12 heavy (non-hydrogen) atoms. The maximum absolute atomic E-state index is 11.8. The molecule has 0 saturated carbocycles. The molecule has 1 fully saturated rings. The minimum Gasteiger partial charge on any atom is -0.316 e. The van der Waals surface area contributed by atoms with Crippen LogP contribution in [0.4, 0.5) is 13.2 Å². The van der Waals surface area contributed by atoms with Crippen molar-refractivity contribution < 1.29 is 13.2 Å². The number of halogens is 3. The largest absolute Gasteiger partial charge is 0.389 e. The summed E-state index contributed by atoms with van der Waals surface area (Å²) in [5.74, 6) is 0.236. The van der Waals surface area contributed by atoms with Gasteiger partial charge in [0, 0.05) is 6.42 Å². The van der Waals surface area contributed by atoms with Crippen molar-refractivity contribution in [1.82, 2.24) is 5.32 Å². The Morgan fingerprint density at radius 3 is 2.58 bits per heavy atom. The highest BCUT2D eigenvalue weighted by Crippen LogP contribution is 2.26. The molecule has 0 aromatic carbocycles. The van der Waals surface area contributed by atoms with E-state index in [9.17, 15) is 13.2 Å². The van der Waals surface area contributed by atoms with E-state index >= 15 is 0 Å². The Balaban J connectivity index is 2.13. The van der Waals surface area contributed by atoms with Crippen LogP contribution in [0.5, 0.6) is 0 Å². The maximum Gasteiger partial charge on any atom is 0.389 e. The lowest BCUT2D eigenvalue weighted by Gasteiger charge is -2.22. The molecule has 1 unspecified atom stereocenters. The maximum atomic E-state index is 11.8. The summed E-state index contributed by atoms with van der Waals surface area (Å²) in [6.45, 7) is 1.72. The topological polar surface area (TPSA) is 12.0 Å². The number of rotatable bonds is 2. The molecule has 1 aliphatic heterocycles. The van der Waals surface area contributed by atoms with Crippen LogP contribution in [0.3, 0.4) is 0 Å². The summed E-state index contributed by atoms with van der Waals surface area (Å²) in [6.07, 6.45) is -2.35. The second kappa shape index (κ2) is 4.12. The summed E-state index contributed by atoms with van der Waals surface area (Å²) >= 11 is 0. The highest BCUT2D eigenvalue weighted by molar-refractivity contribution is 4.70. The van der Waals surface area contributed by atoms with Gasteiger partial charge < -0.3 is 5.32 Å². The Labute approximate surface area is 70.3 Å². The minimum atomic E-state index is -3.97. The van der Waals surface area contributed by atoms with Crippen LogP contribution in [0.2, 0.25) is 0 Å². The molecule has 1 rings (SSSR count). The number of hydrogen-bond donors (Lipinski definition) is 1. The molecule has 4 heteroatoms. The molecule has 1 nitrogen and oxygen atoms in total. The number of hydrogen-bond acceptors (Lipinski definition) is 1. The van der Waals surface area contributed by atoms with Crippen LogP contribution in [-0.4, -0.2) is 19.3 Å². The van der Waals surface area contributed by atoms with E-state index in [0.717, 1.165) is 25.9 Å². The molecule has 1 aliphatic rings. The summed E-state index contributed by atoms with van der Waals surface area (Å²) in [5, 5.41) is 3.10. The van der Waals surface area contributed by atoms with Gasteiger partial charge in [0.15, 0.2) is 0 Å². The first kappa shape index (κ1) is 9.84. The number of nitrogens with one attached hydrogen (secondary N) is 1. The Hall–Kier alpha value is -0.250. The van der Waals surface area contributed by atoms with Crippen molar-refractivity contribution in [3.8, 4) is 0 Å². The summed E-state index contributed by atoms with van der Waals surface area (Å²) < 4.78 is 35.4. The van der Waals surface area contributed by atoms with Crippen LogP contribution in [-0.2, 0) is 0 Å². The summed E-state index contributed by atoms with van der Waals surface area (Å²) in [7, 11) is 0. The zero-order valence-corrected chi connectivity index (χ0v) is 6.95. The quantitative estimate of drug-likeness (QED) is 0.689. The van der Waals surface area contributed by atoms with Crippen molar-refractivity contribution in [2.75, 3.05) is 13.1 Å². The Morgan fingerprint density at radius 2 is 2.08 bits per heavy atom. The van der Waals surface area contributed by atoms with Crippen molar-refractivity contribution in [3.05, 3.63) is 0 Å². The van der Waals surface area contributed by atoms with Gasteiger partial charge in [-0.3, -0.25) is 0 Å². The van der Waals surface area contributed by atoms with Gasteiger partial charge in [0.1, 0.15) is 0 Å². The van der Waals surface area contributed by atoms with Crippen molar-refractivity contribution in [1.29, 1.82) is 0 Å². The van der Waals surface area contributed by atoms with E-state index in [0.29, 0.717) is 0 Å². The fraction of sp³-hybridized carbons (Fsp3) is 1.00. The van der Waals surface area contributed by atoms with Gasteiger partial charge in [-0.15, -0.1) is 0 Å². The molecule has 0 spiro atoms. The summed E-state index contributed by atoms with van der Waals surface area (Å²) in [4.78, 5) is 0. The molecule has 0 radical (unpaired) electrons. The molecule has 0 aromatic rings. The molecule has 1 atom stereocenters. The van der Waals surface area contributed by atoms with Crippen molar-refractivity contribution >= 4 is 0 Å². The Bertz CT molecular complexity index is 127. The number of alkyl halides is 3. The van der Waals surface area contributed by atoms with E-state index in [2.05, 4.69) is 5.32 Å². The molecular formula is C8H14F3N. The van der Waals surface area contributed by atoms with E-state index < -0.39 is 12.6 Å². The third kappa shape index (κ3) is 3.95. The fourth-order valence-electron chi connectivity index (χ4n) is 1.54. The summed E-state index contributed by atoms with van der Waals surface area (Å²) in [5.41, 5.74) is 0. The fourth-order valence-corrected chi connectivity index (χ4v) is 1.54. The molecular weight excluding hydrogens is 167 g/mol. The van der Waals surface area contributed by atoms with Gasteiger partial charge in [0.2, 0.25) is 0 Å². The molecule has 0 aromatic heterocycles. The molecule has 1 saturated heterocycles. The minimum absolute atomic E-state index is 0.236. The first-order chi connectivity index (χ1) is 5.58. The Kier molecular flexibility index (Phi) is 3.38. The lowest BCUT2D eigenvalue weighted by molar-refractivity contribution is -0.137. The van der Waals surface area contributed by atoms with E-state index in [1.165, 1.54) is 0 Å². The molecule has 0 bridgehead atoms. The zero-order chi connectivity index (χ0) is 9.03. The van der Waals surface area contributed by atoms with Gasteiger partial charge in [0.25, 0.3) is 0 Å². The monoisotopic (exact) mass is 181 g/mol.